The summed E-state index contributed by atoms with van der Waals surface area (Å²) in [6, 6.07) is 12.9. The van der Waals surface area contributed by atoms with Crippen LogP contribution in [0.4, 0.5) is 0 Å². The fourth-order valence-electron chi connectivity index (χ4n) is 2.36. The van der Waals surface area contributed by atoms with Gasteiger partial charge in [0.15, 0.2) is 0 Å². The molecule has 8 heteroatoms. The molecule has 26 heavy (non-hydrogen) atoms. The quantitative estimate of drug-likeness (QED) is 0.486. The van der Waals surface area contributed by atoms with E-state index in [4.69, 9.17) is 11.6 Å². The van der Waals surface area contributed by atoms with Crippen molar-refractivity contribution in [2.75, 3.05) is 0 Å². The number of amides is 1. The van der Waals surface area contributed by atoms with Crippen LogP contribution >= 0.6 is 11.6 Å². The first-order chi connectivity index (χ1) is 12.5. The van der Waals surface area contributed by atoms with Crippen LogP contribution in [0.3, 0.4) is 0 Å². The molecule has 1 aromatic heterocycles. The maximum absolute atomic E-state index is 12.5. The van der Waals surface area contributed by atoms with Crippen LogP contribution < -0.4 is 11.0 Å². The maximum Gasteiger partial charge on any atom is 0.280 e. The number of nitrogens with zero attached hydrogens (tertiary/aromatic N) is 2. The Labute approximate surface area is 153 Å². The molecule has 0 saturated carbocycles. The molecular weight excluding hydrogens is 356 g/mol. The topological polar surface area (TPSA) is 99.5 Å². The van der Waals surface area contributed by atoms with Crippen LogP contribution in [-0.2, 0) is 0 Å². The number of aromatic hydroxyl groups is 1. The van der Waals surface area contributed by atoms with Gasteiger partial charge in [0.2, 0.25) is 0 Å². The zero-order chi connectivity index (χ0) is 18.7. The fraction of sp³-hybridized carbons (Fsp3) is 0.0556. The van der Waals surface area contributed by atoms with Crippen LogP contribution in [0.25, 0.3) is 5.69 Å². The Hall–Kier alpha value is -3.32. The van der Waals surface area contributed by atoms with E-state index in [1.807, 2.05) is 0 Å². The summed E-state index contributed by atoms with van der Waals surface area (Å²) in [5, 5.41) is 17.0. The van der Waals surface area contributed by atoms with E-state index in [1.165, 1.54) is 23.0 Å². The number of hydrogen-bond donors (Lipinski definition) is 3. The minimum atomic E-state index is -0.578. The Morgan fingerprint density at radius 3 is 2.62 bits per heavy atom. The Kier molecular flexibility index (Phi) is 4.90. The molecule has 0 spiro atoms. The highest BCUT2D eigenvalue weighted by Gasteiger charge is 2.12. The normalized spacial score (nSPS) is 11.0. The van der Waals surface area contributed by atoms with Crippen molar-refractivity contribution in [3.63, 3.8) is 0 Å². The summed E-state index contributed by atoms with van der Waals surface area (Å²) in [5.74, 6) is -0.728. The molecule has 3 rings (SSSR count). The molecule has 0 unspecified atom stereocenters. The third-order valence-corrected chi connectivity index (χ3v) is 3.96. The van der Waals surface area contributed by atoms with Gasteiger partial charge in [-0.2, -0.15) is 5.10 Å². The summed E-state index contributed by atoms with van der Waals surface area (Å²) in [7, 11) is 0. The molecule has 0 aliphatic heterocycles. The number of rotatable bonds is 4. The Balaban J connectivity index is 1.81. The molecule has 0 atom stereocenters. The lowest BCUT2D eigenvalue weighted by atomic mass is 10.2. The highest BCUT2D eigenvalue weighted by molar-refractivity contribution is 6.30. The summed E-state index contributed by atoms with van der Waals surface area (Å²) in [6.45, 7) is 1.72. The van der Waals surface area contributed by atoms with E-state index in [-0.39, 0.29) is 16.9 Å². The van der Waals surface area contributed by atoms with E-state index in [1.54, 1.807) is 43.3 Å². The number of benzene rings is 2. The molecule has 7 nitrogen and oxygen atoms in total. The molecule has 0 aliphatic carbocycles. The predicted octanol–water partition coefficient (Wildman–Crippen LogP) is 2.60. The lowest BCUT2D eigenvalue weighted by Crippen LogP contribution is -2.20. The first-order valence-electron chi connectivity index (χ1n) is 7.66. The zero-order valence-corrected chi connectivity index (χ0v) is 14.5. The standard InChI is InChI=1S/C18H15ClN4O3/c1-11-15(10-20-21-17(25)14-4-2-3-5-16(14)24)18(26)23(22-11)13-8-6-12(19)7-9-13/h2-10,22,24H,1H3,(H,21,25)/b20-10+. The van der Waals surface area contributed by atoms with Gasteiger partial charge in [0.1, 0.15) is 5.75 Å². The number of carbonyl (C=O) groups is 1. The number of hydrogen-bond acceptors (Lipinski definition) is 4. The van der Waals surface area contributed by atoms with Crippen molar-refractivity contribution >= 4 is 23.7 Å². The molecule has 2 aromatic carbocycles. The number of aromatic nitrogens is 2. The van der Waals surface area contributed by atoms with Crippen LogP contribution in [0.1, 0.15) is 21.6 Å². The van der Waals surface area contributed by atoms with Crippen LogP contribution in [0, 0.1) is 6.92 Å². The Morgan fingerprint density at radius 2 is 1.92 bits per heavy atom. The van der Waals surface area contributed by atoms with E-state index in [9.17, 15) is 14.7 Å². The van der Waals surface area contributed by atoms with Crippen LogP contribution in [-0.4, -0.2) is 27.0 Å². The number of aromatic amines is 1. The number of H-pyrrole nitrogens is 1. The molecule has 3 N–H and O–H groups in total. The highest BCUT2D eigenvalue weighted by atomic mass is 35.5. The minimum absolute atomic E-state index is 0.0917. The van der Waals surface area contributed by atoms with Gasteiger partial charge in [-0.3, -0.25) is 14.7 Å². The summed E-state index contributed by atoms with van der Waals surface area (Å²) in [6.07, 6.45) is 1.26. The van der Waals surface area contributed by atoms with Crippen molar-refractivity contribution in [2.24, 2.45) is 5.10 Å². The van der Waals surface area contributed by atoms with Gasteiger partial charge in [-0.1, -0.05) is 23.7 Å². The first-order valence-corrected chi connectivity index (χ1v) is 8.04. The van der Waals surface area contributed by atoms with Crippen molar-refractivity contribution < 1.29 is 9.90 Å². The van der Waals surface area contributed by atoms with Crippen LogP contribution in [0.15, 0.2) is 58.4 Å². The van der Waals surface area contributed by atoms with Gasteiger partial charge in [-0.05, 0) is 43.3 Å². The molecule has 0 fully saturated rings. The molecule has 0 bridgehead atoms. The summed E-state index contributed by atoms with van der Waals surface area (Å²) < 4.78 is 1.36. The van der Waals surface area contributed by atoms with Crippen molar-refractivity contribution in [1.29, 1.82) is 0 Å². The molecule has 1 amide bonds. The first kappa shape index (κ1) is 17.5. The number of phenols is 1. The molecule has 0 aliphatic rings. The van der Waals surface area contributed by atoms with E-state index >= 15 is 0 Å². The second-order valence-electron chi connectivity index (χ2n) is 5.48. The van der Waals surface area contributed by atoms with Gasteiger partial charge in [-0.25, -0.2) is 10.1 Å². The summed E-state index contributed by atoms with van der Waals surface area (Å²) >= 11 is 5.86. The lowest BCUT2D eigenvalue weighted by molar-refractivity contribution is 0.0952. The number of hydrazone groups is 1. The maximum atomic E-state index is 12.5. The number of nitrogens with one attached hydrogen (secondary N) is 2. The van der Waals surface area contributed by atoms with Crippen molar-refractivity contribution in [2.45, 2.75) is 6.92 Å². The molecule has 132 valence electrons. The van der Waals surface area contributed by atoms with Crippen molar-refractivity contribution in [1.82, 2.24) is 15.2 Å². The average molecular weight is 371 g/mol. The Morgan fingerprint density at radius 1 is 1.23 bits per heavy atom. The predicted molar refractivity (Wildman–Crippen MR) is 99.3 cm³/mol. The van der Waals surface area contributed by atoms with Gasteiger partial charge in [0, 0.05) is 10.7 Å². The zero-order valence-electron chi connectivity index (χ0n) is 13.7. The molecular formula is C18H15ClN4O3. The third-order valence-electron chi connectivity index (χ3n) is 3.71. The van der Waals surface area contributed by atoms with Crippen molar-refractivity contribution in [3.05, 3.63) is 80.7 Å². The number of carbonyl (C=O) groups excluding carboxylic acids is 1. The lowest BCUT2D eigenvalue weighted by Gasteiger charge is -2.01. The van der Waals surface area contributed by atoms with E-state index < -0.39 is 5.91 Å². The largest absolute Gasteiger partial charge is 0.507 e. The summed E-state index contributed by atoms with van der Waals surface area (Å²) in [5.41, 5.74) is 3.58. The van der Waals surface area contributed by atoms with Gasteiger partial charge < -0.3 is 5.11 Å². The second-order valence-corrected chi connectivity index (χ2v) is 5.92. The van der Waals surface area contributed by atoms with Crippen LogP contribution in [0.2, 0.25) is 5.02 Å². The molecule has 0 radical (unpaired) electrons. The Bertz CT molecular complexity index is 1040. The third kappa shape index (κ3) is 3.52. The summed E-state index contributed by atoms with van der Waals surface area (Å²) in [4.78, 5) is 24.5. The monoisotopic (exact) mass is 370 g/mol. The average Bonchev–Trinajstić information content (AvgIpc) is 2.91. The number of phenolic OH excluding ortho intramolecular Hbond substituents is 1. The minimum Gasteiger partial charge on any atom is -0.507 e. The van der Waals surface area contributed by atoms with Gasteiger partial charge >= 0.3 is 0 Å². The van der Waals surface area contributed by atoms with E-state index in [0.29, 0.717) is 22.0 Å². The SMILES string of the molecule is Cc1[nH]n(-c2ccc(Cl)cc2)c(=O)c1/C=N/NC(=O)c1ccccc1O. The molecule has 3 aromatic rings. The van der Waals surface area contributed by atoms with Crippen LogP contribution in [0.5, 0.6) is 5.75 Å². The second kappa shape index (κ2) is 7.28. The number of halogens is 1. The van der Waals surface area contributed by atoms with Gasteiger partial charge in [-0.15, -0.1) is 0 Å². The number of aryl methyl sites for hydroxylation is 1. The van der Waals surface area contributed by atoms with E-state index in [0.717, 1.165) is 0 Å². The number of para-hydroxylation sites is 1. The van der Waals surface area contributed by atoms with E-state index in [2.05, 4.69) is 15.6 Å². The molecule has 0 saturated heterocycles. The fourth-order valence-corrected chi connectivity index (χ4v) is 2.49. The van der Waals surface area contributed by atoms with Gasteiger partial charge in [0.25, 0.3) is 11.5 Å². The van der Waals surface area contributed by atoms with Gasteiger partial charge in [0.05, 0.1) is 23.0 Å². The molecule has 1 heterocycles. The van der Waals surface area contributed by atoms with Crippen molar-refractivity contribution in [3.8, 4) is 11.4 Å². The smallest absolute Gasteiger partial charge is 0.280 e. The highest BCUT2D eigenvalue weighted by Crippen LogP contribution is 2.15.